The van der Waals surface area contributed by atoms with Crippen LogP contribution in [0.4, 0.5) is 0 Å². The number of ether oxygens (including phenoxy) is 4. The molecule has 0 aromatic heterocycles. The molecule has 12 atom stereocenters. The molecule has 0 aromatic carbocycles. The van der Waals surface area contributed by atoms with Gasteiger partial charge >= 0.3 is 0 Å². The predicted molar refractivity (Wildman–Crippen MR) is 184 cm³/mol. The van der Waals surface area contributed by atoms with E-state index in [0.717, 1.165) is 44.9 Å². The van der Waals surface area contributed by atoms with Crippen molar-refractivity contribution in [3.05, 3.63) is 36.5 Å². The molecule has 2 aliphatic rings. The van der Waals surface area contributed by atoms with Crippen molar-refractivity contribution in [2.24, 2.45) is 0 Å². The number of hydrogen-bond acceptors (Lipinski definition) is 13. The first kappa shape index (κ1) is 44.4. The third kappa shape index (κ3) is 15.1. The second-order valence-corrected chi connectivity index (χ2v) is 13.0. The quantitative estimate of drug-likeness (QED) is 0.0500. The van der Waals surface area contributed by atoms with Gasteiger partial charge in [-0.2, -0.15) is 0 Å². The summed E-state index contributed by atoms with van der Waals surface area (Å²) in [6.07, 6.45) is 5.57. The van der Waals surface area contributed by atoms with E-state index in [-0.39, 0.29) is 18.9 Å². The van der Waals surface area contributed by atoms with Gasteiger partial charge < -0.3 is 65.1 Å². The number of rotatable bonds is 24. The van der Waals surface area contributed by atoms with Gasteiger partial charge in [-0.3, -0.25) is 4.79 Å². The van der Waals surface area contributed by atoms with E-state index in [9.17, 15) is 45.6 Å². The van der Waals surface area contributed by atoms with E-state index in [1.165, 1.54) is 12.8 Å². The summed E-state index contributed by atoms with van der Waals surface area (Å²) in [6.45, 7) is 2.40. The molecule has 50 heavy (non-hydrogen) atoms. The number of allylic oxidation sites excluding steroid dienone is 5. The van der Waals surface area contributed by atoms with Crippen LogP contribution in [0.25, 0.3) is 0 Å². The van der Waals surface area contributed by atoms with Gasteiger partial charge in [0.2, 0.25) is 5.91 Å². The number of unbranched alkanes of at least 4 members (excludes halogenated alkanes) is 8. The highest BCUT2D eigenvalue weighted by molar-refractivity contribution is 5.76. The largest absolute Gasteiger partial charge is 0.394 e. The van der Waals surface area contributed by atoms with Crippen molar-refractivity contribution in [1.82, 2.24) is 5.32 Å². The second kappa shape index (κ2) is 25.2. The molecule has 290 valence electrons. The Balaban J connectivity index is 2.02. The zero-order valence-electron chi connectivity index (χ0n) is 29.6. The summed E-state index contributed by atoms with van der Waals surface area (Å²) in [7, 11) is 0. The Kier molecular flexibility index (Phi) is 22.4. The molecule has 14 heteroatoms. The molecule has 0 aliphatic carbocycles. The molecule has 2 saturated heterocycles. The van der Waals surface area contributed by atoms with Crippen molar-refractivity contribution in [1.29, 1.82) is 0 Å². The Hall–Kier alpha value is -1.79. The van der Waals surface area contributed by atoms with Crippen LogP contribution in [0.15, 0.2) is 36.5 Å². The number of amides is 1. The molecule has 1 amide bonds. The highest BCUT2D eigenvalue weighted by atomic mass is 16.7. The predicted octanol–water partition coefficient (Wildman–Crippen LogP) is 0.862. The molecule has 0 radical (unpaired) electrons. The number of aliphatic hydroxyl groups excluding tert-OH is 8. The first-order valence-corrected chi connectivity index (χ1v) is 18.2. The average Bonchev–Trinajstić information content (AvgIpc) is 3.11. The van der Waals surface area contributed by atoms with Crippen molar-refractivity contribution in [3.8, 4) is 0 Å². The van der Waals surface area contributed by atoms with Gasteiger partial charge in [0.05, 0.1) is 32.0 Å². The normalized spacial score (nSPS) is 31.9. The lowest BCUT2D eigenvalue weighted by Crippen LogP contribution is -2.65. The van der Waals surface area contributed by atoms with Crippen LogP contribution in [0.5, 0.6) is 0 Å². The van der Waals surface area contributed by atoms with Crippen LogP contribution in [0.1, 0.15) is 90.9 Å². The fraction of sp³-hybridized carbons (Fsp3) is 0.806. The maximum atomic E-state index is 12.9. The Morgan fingerprint density at radius 3 is 1.96 bits per heavy atom. The third-order valence-electron chi connectivity index (χ3n) is 8.90. The molecule has 0 spiro atoms. The molecule has 2 aliphatic heterocycles. The zero-order valence-corrected chi connectivity index (χ0v) is 29.6. The molecule has 2 rings (SSSR count). The van der Waals surface area contributed by atoms with E-state index in [4.69, 9.17) is 18.9 Å². The summed E-state index contributed by atoms with van der Waals surface area (Å²) < 4.78 is 22.4. The van der Waals surface area contributed by atoms with Gasteiger partial charge in [0.1, 0.15) is 48.8 Å². The molecule has 9 N–H and O–H groups in total. The van der Waals surface area contributed by atoms with Gasteiger partial charge in [-0.25, -0.2) is 0 Å². The molecule has 2 fully saturated rings. The fourth-order valence-corrected chi connectivity index (χ4v) is 5.80. The van der Waals surface area contributed by atoms with Crippen molar-refractivity contribution in [2.75, 3.05) is 19.8 Å². The van der Waals surface area contributed by atoms with Gasteiger partial charge in [-0.05, 0) is 39.0 Å². The van der Waals surface area contributed by atoms with Gasteiger partial charge in [-0.15, -0.1) is 0 Å². The van der Waals surface area contributed by atoms with Crippen LogP contribution in [0.2, 0.25) is 0 Å². The lowest BCUT2D eigenvalue weighted by Gasteiger charge is -2.46. The van der Waals surface area contributed by atoms with Crippen LogP contribution in [0.3, 0.4) is 0 Å². The highest BCUT2D eigenvalue weighted by Crippen LogP contribution is 2.29. The van der Waals surface area contributed by atoms with Crippen LogP contribution in [-0.2, 0) is 23.7 Å². The number of hydrogen-bond donors (Lipinski definition) is 9. The van der Waals surface area contributed by atoms with E-state index in [1.807, 2.05) is 19.1 Å². The lowest BCUT2D eigenvalue weighted by molar-refractivity contribution is -0.359. The van der Waals surface area contributed by atoms with Gasteiger partial charge in [0, 0.05) is 6.42 Å². The third-order valence-corrected chi connectivity index (χ3v) is 8.90. The minimum atomic E-state index is -1.79. The van der Waals surface area contributed by atoms with Gasteiger partial charge in [0.25, 0.3) is 0 Å². The van der Waals surface area contributed by atoms with Gasteiger partial charge in [-0.1, -0.05) is 81.9 Å². The number of nitrogens with one attached hydrogen (secondary N) is 1. The summed E-state index contributed by atoms with van der Waals surface area (Å²) in [6, 6.07) is -0.928. The van der Waals surface area contributed by atoms with E-state index >= 15 is 0 Å². The summed E-state index contributed by atoms with van der Waals surface area (Å²) in [4.78, 5) is 12.9. The fourth-order valence-electron chi connectivity index (χ4n) is 5.80. The molecule has 0 aromatic rings. The minimum absolute atomic E-state index is 0.267. The van der Waals surface area contributed by atoms with E-state index in [0.29, 0.717) is 12.8 Å². The zero-order chi connectivity index (χ0) is 36.9. The van der Waals surface area contributed by atoms with E-state index < -0.39 is 86.8 Å². The molecule has 0 bridgehead atoms. The monoisotopic (exact) mass is 717 g/mol. The van der Waals surface area contributed by atoms with Crippen LogP contribution < -0.4 is 5.32 Å². The summed E-state index contributed by atoms with van der Waals surface area (Å²) >= 11 is 0. The lowest BCUT2D eigenvalue weighted by atomic mass is 9.97. The van der Waals surface area contributed by atoms with Crippen molar-refractivity contribution in [3.63, 3.8) is 0 Å². The SMILES string of the molecule is C/C=C/CC/C=C/CC/C=C/C(O)C(COC1OC(CO)C(OC2OC(CO)C(O)C(O)C2O)C(O)C1O)NC(=O)CCCCCCCCC. The smallest absolute Gasteiger partial charge is 0.220 e. The Morgan fingerprint density at radius 1 is 0.740 bits per heavy atom. The summed E-state index contributed by atoms with van der Waals surface area (Å²) in [5.41, 5.74) is 0. The van der Waals surface area contributed by atoms with Crippen molar-refractivity contribution in [2.45, 2.75) is 164 Å². The summed E-state index contributed by atoms with van der Waals surface area (Å²) in [5, 5.41) is 85.6. The molecule has 2 heterocycles. The molecule has 0 saturated carbocycles. The maximum Gasteiger partial charge on any atom is 0.220 e. The van der Waals surface area contributed by atoms with Crippen molar-refractivity contribution < 1.29 is 64.6 Å². The Morgan fingerprint density at radius 2 is 1.32 bits per heavy atom. The molecular weight excluding hydrogens is 654 g/mol. The van der Waals surface area contributed by atoms with Crippen molar-refractivity contribution >= 4 is 5.91 Å². The standard InChI is InChI=1S/C36H63NO13/c1-3-5-7-9-11-12-14-15-17-19-25(40)24(37-28(41)20-18-16-13-10-8-6-4-2)23-47-35-33(46)31(44)34(27(22-39)49-35)50-36-32(45)30(43)29(42)26(21-38)48-36/h3,5,11-12,17,19,24-27,29-36,38-40,42-46H,4,6-10,13-16,18,20-23H2,1-2H3,(H,37,41)/b5-3+,12-11+,19-17+. The topological polar surface area (TPSA) is 228 Å². The van der Waals surface area contributed by atoms with Crippen LogP contribution in [0, 0.1) is 0 Å². The second-order valence-electron chi connectivity index (χ2n) is 13.0. The maximum absolute atomic E-state index is 12.9. The van der Waals surface area contributed by atoms with Crippen LogP contribution in [-0.4, -0.2) is 140 Å². The van der Waals surface area contributed by atoms with Crippen LogP contribution >= 0.6 is 0 Å². The minimum Gasteiger partial charge on any atom is -0.394 e. The summed E-state index contributed by atoms with van der Waals surface area (Å²) in [5.74, 6) is -0.268. The number of carbonyl (C=O) groups excluding carboxylic acids is 1. The molecular formula is C36H63NO13. The average molecular weight is 718 g/mol. The number of carbonyl (C=O) groups is 1. The molecule has 14 nitrogen and oxygen atoms in total. The molecule has 12 unspecified atom stereocenters. The first-order chi connectivity index (χ1) is 24.1. The number of aliphatic hydroxyl groups is 8. The Bertz CT molecular complexity index is 993. The van der Waals surface area contributed by atoms with Gasteiger partial charge in [0.15, 0.2) is 12.6 Å². The first-order valence-electron chi connectivity index (χ1n) is 18.2. The van der Waals surface area contributed by atoms with E-state index in [2.05, 4.69) is 30.5 Å². The van der Waals surface area contributed by atoms with E-state index in [1.54, 1.807) is 6.08 Å². The Labute approximate surface area is 296 Å². The highest BCUT2D eigenvalue weighted by Gasteiger charge is 2.50.